The predicted octanol–water partition coefficient (Wildman–Crippen LogP) is 5.85. The third-order valence-corrected chi connectivity index (χ3v) is 3.76. The Balaban J connectivity index is 2.77. The second-order valence-electron chi connectivity index (χ2n) is 5.47. The Morgan fingerprint density at radius 1 is 0.944 bits per heavy atom. The normalized spacial score (nSPS) is 23.1. The molecule has 1 atom stereocenters. The number of hydrogen-bond donors (Lipinski definition) is 0. The number of rotatable bonds is 9. The molecule has 0 aliphatic carbocycles. The molecule has 0 aromatic heterocycles. The summed E-state index contributed by atoms with van der Waals surface area (Å²) in [6.45, 7) is 11.1. The summed E-state index contributed by atoms with van der Waals surface area (Å²) in [6.07, 6.45) is 10.6. The molecule has 103 valence electrons. The van der Waals surface area contributed by atoms with Crippen LogP contribution in [0, 0.1) is 6.92 Å². The zero-order valence-corrected chi connectivity index (χ0v) is 12.5. The number of allylic oxidation sites excluding steroid dienone is 1. The van der Waals surface area contributed by atoms with Crippen molar-refractivity contribution in [2.75, 3.05) is 0 Å². The second-order valence-corrected chi connectivity index (χ2v) is 5.47. The zero-order chi connectivity index (χ0) is 13.4. The molecular weight excluding hydrogens is 220 g/mol. The summed E-state index contributed by atoms with van der Waals surface area (Å²) in [7, 11) is 0. The van der Waals surface area contributed by atoms with Crippen LogP contribution in [-0.4, -0.2) is 5.54 Å². The fourth-order valence-corrected chi connectivity index (χ4v) is 2.49. The van der Waals surface area contributed by atoms with Gasteiger partial charge in [-0.1, -0.05) is 46.5 Å². The Morgan fingerprint density at radius 2 is 1.56 bits per heavy atom. The lowest BCUT2D eigenvalue weighted by Gasteiger charge is -2.23. The Kier molecular flexibility index (Phi) is 6.59. The number of hydrogen-bond acceptors (Lipinski definition) is 2. The van der Waals surface area contributed by atoms with Crippen molar-refractivity contribution in [2.45, 2.75) is 84.1 Å². The molecule has 2 nitrogen and oxygen atoms in total. The van der Waals surface area contributed by atoms with Gasteiger partial charge in [0.15, 0.2) is 0 Å². The predicted molar refractivity (Wildman–Crippen MR) is 78.5 cm³/mol. The summed E-state index contributed by atoms with van der Waals surface area (Å²) in [4.78, 5) is 0. The van der Waals surface area contributed by atoms with Crippen molar-refractivity contribution >= 4 is 0 Å². The maximum atomic E-state index is 4.51. The molecule has 1 heterocycles. The van der Waals surface area contributed by atoms with E-state index in [-0.39, 0.29) is 5.54 Å². The second kappa shape index (κ2) is 7.70. The Labute approximate surface area is 113 Å². The lowest BCUT2D eigenvalue weighted by atomic mass is 9.83. The van der Waals surface area contributed by atoms with E-state index in [0.717, 1.165) is 19.3 Å². The number of unbranched alkanes of at least 4 members (excludes halogenated alkanes) is 3. The van der Waals surface area contributed by atoms with E-state index in [1.54, 1.807) is 0 Å². The Bertz CT molecular complexity index is 304. The fraction of sp³-hybridized carbons (Fsp3) is 0.812. The monoisotopic (exact) mass is 249 g/mol. The Morgan fingerprint density at radius 3 is 2.17 bits per heavy atom. The maximum absolute atomic E-state index is 4.51. The first kappa shape index (κ1) is 15.4. The SMILES string of the molecule is [CH2]C1(CCCC)N=NC(CCCC)=C1CCCC. The van der Waals surface area contributed by atoms with E-state index < -0.39 is 0 Å². The number of azo groups is 1. The van der Waals surface area contributed by atoms with Gasteiger partial charge in [-0.05, 0) is 44.6 Å². The Hall–Kier alpha value is -0.660. The van der Waals surface area contributed by atoms with Crippen LogP contribution < -0.4 is 0 Å². The summed E-state index contributed by atoms with van der Waals surface area (Å²) < 4.78 is 0. The maximum Gasteiger partial charge on any atom is 0.105 e. The molecule has 0 amide bonds. The summed E-state index contributed by atoms with van der Waals surface area (Å²) in [5, 5.41) is 8.97. The highest BCUT2D eigenvalue weighted by Gasteiger charge is 2.34. The molecule has 18 heavy (non-hydrogen) atoms. The van der Waals surface area contributed by atoms with Gasteiger partial charge in [0.25, 0.3) is 0 Å². The average Bonchev–Trinajstić information content (AvgIpc) is 2.69. The van der Waals surface area contributed by atoms with Crippen molar-refractivity contribution in [2.24, 2.45) is 10.2 Å². The lowest BCUT2D eigenvalue weighted by molar-refractivity contribution is 0.505. The lowest BCUT2D eigenvalue weighted by Crippen LogP contribution is -2.23. The summed E-state index contributed by atoms with van der Waals surface area (Å²) in [5.74, 6) is 0. The zero-order valence-electron chi connectivity index (χ0n) is 12.5. The molecule has 1 unspecified atom stereocenters. The van der Waals surface area contributed by atoms with Crippen LogP contribution in [0.15, 0.2) is 21.5 Å². The molecular formula is C16H29N2. The average molecular weight is 249 g/mol. The largest absolute Gasteiger partial charge is 0.178 e. The van der Waals surface area contributed by atoms with Crippen LogP contribution in [0.5, 0.6) is 0 Å². The molecule has 0 saturated carbocycles. The molecule has 1 radical (unpaired) electrons. The van der Waals surface area contributed by atoms with E-state index in [1.807, 2.05) is 0 Å². The molecule has 0 fully saturated rings. The van der Waals surface area contributed by atoms with Crippen LogP contribution in [0.2, 0.25) is 0 Å². The van der Waals surface area contributed by atoms with Crippen LogP contribution in [0.1, 0.15) is 78.6 Å². The van der Waals surface area contributed by atoms with E-state index in [0.29, 0.717) is 0 Å². The van der Waals surface area contributed by atoms with Gasteiger partial charge in [-0.2, -0.15) is 10.2 Å². The minimum absolute atomic E-state index is 0.228. The minimum Gasteiger partial charge on any atom is -0.178 e. The first-order chi connectivity index (χ1) is 8.68. The molecule has 0 N–H and O–H groups in total. The van der Waals surface area contributed by atoms with Gasteiger partial charge in [-0.3, -0.25) is 0 Å². The highest BCUT2D eigenvalue weighted by Crippen LogP contribution is 2.40. The fourth-order valence-electron chi connectivity index (χ4n) is 2.49. The van der Waals surface area contributed by atoms with Gasteiger partial charge in [0.05, 0.1) is 5.70 Å². The van der Waals surface area contributed by atoms with Crippen molar-refractivity contribution in [1.82, 2.24) is 0 Å². The van der Waals surface area contributed by atoms with Crippen LogP contribution in [0.4, 0.5) is 0 Å². The quantitative estimate of drug-likeness (QED) is 0.489. The van der Waals surface area contributed by atoms with Crippen molar-refractivity contribution in [3.63, 3.8) is 0 Å². The molecule has 1 aliphatic heterocycles. The standard InChI is InChI=1S/C16H29N2/c1-5-8-11-14-15(12-9-6-2)17-18-16(14,4)13-10-7-3/h4-13H2,1-3H3. The minimum atomic E-state index is -0.228. The van der Waals surface area contributed by atoms with Gasteiger partial charge < -0.3 is 0 Å². The smallest absolute Gasteiger partial charge is 0.105 e. The van der Waals surface area contributed by atoms with Crippen molar-refractivity contribution in [3.05, 3.63) is 18.2 Å². The topological polar surface area (TPSA) is 24.7 Å². The third-order valence-electron chi connectivity index (χ3n) is 3.76. The van der Waals surface area contributed by atoms with Crippen molar-refractivity contribution in [1.29, 1.82) is 0 Å². The van der Waals surface area contributed by atoms with Gasteiger partial charge >= 0.3 is 0 Å². The molecule has 0 saturated heterocycles. The number of nitrogens with zero attached hydrogens (tertiary/aromatic N) is 2. The van der Waals surface area contributed by atoms with E-state index in [2.05, 4.69) is 37.9 Å². The van der Waals surface area contributed by atoms with Gasteiger partial charge in [0.2, 0.25) is 0 Å². The molecule has 2 heteroatoms. The van der Waals surface area contributed by atoms with Crippen molar-refractivity contribution < 1.29 is 0 Å². The first-order valence-corrected chi connectivity index (χ1v) is 7.68. The first-order valence-electron chi connectivity index (χ1n) is 7.68. The highest BCUT2D eigenvalue weighted by atomic mass is 15.2. The summed E-state index contributed by atoms with van der Waals surface area (Å²) in [6, 6.07) is 0. The van der Waals surface area contributed by atoms with Gasteiger partial charge in [0.1, 0.15) is 5.54 Å². The molecule has 0 bridgehead atoms. The molecule has 1 aliphatic rings. The highest BCUT2D eigenvalue weighted by molar-refractivity contribution is 5.31. The van der Waals surface area contributed by atoms with E-state index in [9.17, 15) is 0 Å². The van der Waals surface area contributed by atoms with Gasteiger partial charge in [-0.25, -0.2) is 0 Å². The van der Waals surface area contributed by atoms with E-state index in [1.165, 1.54) is 49.8 Å². The molecule has 0 spiro atoms. The molecule has 0 aromatic rings. The van der Waals surface area contributed by atoms with Crippen LogP contribution >= 0.6 is 0 Å². The summed E-state index contributed by atoms with van der Waals surface area (Å²) in [5.41, 5.74) is 2.46. The van der Waals surface area contributed by atoms with Crippen LogP contribution in [0.25, 0.3) is 0 Å². The summed E-state index contributed by atoms with van der Waals surface area (Å²) >= 11 is 0. The molecule has 0 aromatic carbocycles. The van der Waals surface area contributed by atoms with Gasteiger partial charge in [0, 0.05) is 0 Å². The molecule has 1 rings (SSSR count). The van der Waals surface area contributed by atoms with E-state index >= 15 is 0 Å². The third kappa shape index (κ3) is 3.93. The van der Waals surface area contributed by atoms with Crippen LogP contribution in [-0.2, 0) is 0 Å². The van der Waals surface area contributed by atoms with Gasteiger partial charge in [-0.15, -0.1) is 0 Å². The van der Waals surface area contributed by atoms with E-state index in [4.69, 9.17) is 0 Å². The van der Waals surface area contributed by atoms with Crippen molar-refractivity contribution in [3.8, 4) is 0 Å². The van der Waals surface area contributed by atoms with Crippen LogP contribution in [0.3, 0.4) is 0 Å².